The first-order valence-electron chi connectivity index (χ1n) is 8.70. The molecule has 7 nitrogen and oxygen atoms in total. The Kier molecular flexibility index (Phi) is 5.11. The maximum absolute atomic E-state index is 12.8. The van der Waals surface area contributed by atoms with Crippen LogP contribution in [0.1, 0.15) is 17.3 Å². The second-order valence-corrected chi connectivity index (χ2v) is 6.60. The fourth-order valence-corrected chi connectivity index (χ4v) is 3.44. The Morgan fingerprint density at radius 2 is 2.07 bits per heavy atom. The number of ether oxygens (including phenoxy) is 1. The molecule has 0 saturated carbocycles. The normalized spacial score (nSPS) is 10.6. The van der Waals surface area contributed by atoms with E-state index in [4.69, 9.17) is 4.74 Å². The van der Waals surface area contributed by atoms with Crippen LogP contribution < -0.4 is 10.1 Å². The van der Waals surface area contributed by atoms with Crippen LogP contribution >= 0.6 is 11.3 Å². The van der Waals surface area contributed by atoms with E-state index in [2.05, 4.69) is 20.4 Å². The third-order valence-electron chi connectivity index (χ3n) is 3.94. The van der Waals surface area contributed by atoms with E-state index in [1.165, 1.54) is 11.3 Å². The Morgan fingerprint density at radius 1 is 1.18 bits per heavy atom. The van der Waals surface area contributed by atoms with Crippen molar-refractivity contribution in [1.82, 2.24) is 19.7 Å². The lowest BCUT2D eigenvalue weighted by molar-refractivity contribution is 0.102. The minimum Gasteiger partial charge on any atom is -0.493 e. The summed E-state index contributed by atoms with van der Waals surface area (Å²) in [4.78, 5) is 21.6. The van der Waals surface area contributed by atoms with E-state index in [1.54, 1.807) is 41.5 Å². The highest BCUT2D eigenvalue weighted by Gasteiger charge is 2.16. The summed E-state index contributed by atoms with van der Waals surface area (Å²) in [6.45, 7) is 2.51. The van der Waals surface area contributed by atoms with Gasteiger partial charge in [0.25, 0.3) is 5.91 Å². The van der Waals surface area contributed by atoms with Gasteiger partial charge in [0.15, 0.2) is 10.9 Å². The third-order valence-corrected chi connectivity index (χ3v) is 4.70. The Balaban J connectivity index is 1.58. The maximum atomic E-state index is 12.8. The molecule has 4 aromatic rings. The molecular weight excluding hydrogens is 374 g/mol. The zero-order valence-electron chi connectivity index (χ0n) is 15.1. The van der Waals surface area contributed by atoms with E-state index in [0.29, 0.717) is 23.1 Å². The summed E-state index contributed by atoms with van der Waals surface area (Å²) in [6.07, 6.45) is 5.00. The number of hydrogen-bond acceptors (Lipinski definition) is 6. The molecular formula is C20H17N5O2S. The number of nitrogens with zero attached hydrogens (tertiary/aromatic N) is 4. The minimum atomic E-state index is -0.294. The molecule has 3 heterocycles. The first-order valence-corrected chi connectivity index (χ1v) is 9.58. The Hall–Kier alpha value is -3.52. The second-order valence-electron chi connectivity index (χ2n) is 5.75. The van der Waals surface area contributed by atoms with Crippen LogP contribution in [0.25, 0.3) is 17.1 Å². The molecule has 140 valence electrons. The highest BCUT2D eigenvalue weighted by molar-refractivity contribution is 7.14. The highest BCUT2D eigenvalue weighted by atomic mass is 32.1. The van der Waals surface area contributed by atoms with E-state index < -0.39 is 0 Å². The van der Waals surface area contributed by atoms with Crippen molar-refractivity contribution in [3.8, 4) is 22.8 Å². The number of nitrogens with one attached hydrogen (secondary N) is 1. The Bertz CT molecular complexity index is 1090. The third kappa shape index (κ3) is 3.63. The van der Waals surface area contributed by atoms with Gasteiger partial charge in [0.05, 0.1) is 17.9 Å². The van der Waals surface area contributed by atoms with Gasteiger partial charge in [-0.3, -0.25) is 10.1 Å². The summed E-state index contributed by atoms with van der Waals surface area (Å²) in [6, 6.07) is 12.9. The van der Waals surface area contributed by atoms with Crippen LogP contribution in [-0.2, 0) is 0 Å². The van der Waals surface area contributed by atoms with Crippen molar-refractivity contribution < 1.29 is 9.53 Å². The predicted octanol–water partition coefficient (Wildman–Crippen LogP) is 4.04. The van der Waals surface area contributed by atoms with Gasteiger partial charge in [-0.2, -0.15) is 5.10 Å². The molecule has 0 aliphatic heterocycles. The highest BCUT2D eigenvalue weighted by Crippen LogP contribution is 2.32. The summed E-state index contributed by atoms with van der Waals surface area (Å²) >= 11 is 1.36. The number of benzene rings is 1. The number of hydrogen-bond donors (Lipinski definition) is 1. The molecule has 0 bridgehead atoms. The fourth-order valence-electron chi connectivity index (χ4n) is 2.73. The molecule has 4 rings (SSSR count). The summed E-state index contributed by atoms with van der Waals surface area (Å²) in [5.74, 6) is 0.933. The summed E-state index contributed by atoms with van der Waals surface area (Å²) in [5, 5.41) is 9.40. The number of pyridine rings is 1. The van der Waals surface area contributed by atoms with Crippen molar-refractivity contribution in [1.29, 1.82) is 0 Å². The average Bonchev–Trinajstić information content (AvgIpc) is 3.41. The Morgan fingerprint density at radius 3 is 2.89 bits per heavy atom. The number of thiazole rings is 1. The van der Waals surface area contributed by atoms with Crippen LogP contribution in [0, 0.1) is 0 Å². The molecule has 0 fully saturated rings. The average molecular weight is 391 g/mol. The zero-order valence-corrected chi connectivity index (χ0v) is 15.9. The maximum Gasteiger partial charge on any atom is 0.261 e. The molecule has 0 atom stereocenters. The zero-order chi connectivity index (χ0) is 19.3. The first-order chi connectivity index (χ1) is 13.8. The van der Waals surface area contributed by atoms with Crippen molar-refractivity contribution in [3.63, 3.8) is 0 Å². The lowest BCUT2D eigenvalue weighted by Crippen LogP contribution is -2.16. The lowest BCUT2D eigenvalue weighted by atomic mass is 10.1. The van der Waals surface area contributed by atoms with Crippen LogP contribution in [0.5, 0.6) is 5.75 Å². The van der Waals surface area contributed by atoms with Gasteiger partial charge in [-0.25, -0.2) is 14.6 Å². The van der Waals surface area contributed by atoms with Gasteiger partial charge < -0.3 is 4.74 Å². The molecule has 0 spiro atoms. The van der Waals surface area contributed by atoms with Gasteiger partial charge in [-0.05, 0) is 37.3 Å². The molecule has 1 N–H and O–H groups in total. The van der Waals surface area contributed by atoms with Crippen molar-refractivity contribution in [3.05, 3.63) is 72.0 Å². The Labute approximate surface area is 165 Å². The molecule has 1 amide bonds. The van der Waals surface area contributed by atoms with E-state index in [-0.39, 0.29) is 5.91 Å². The van der Waals surface area contributed by atoms with Gasteiger partial charge in [0.2, 0.25) is 0 Å². The van der Waals surface area contributed by atoms with Crippen LogP contribution in [0.4, 0.5) is 5.13 Å². The topological polar surface area (TPSA) is 81.9 Å². The van der Waals surface area contributed by atoms with Gasteiger partial charge in [-0.15, -0.1) is 11.3 Å². The van der Waals surface area contributed by atoms with Crippen molar-refractivity contribution in [2.45, 2.75) is 6.92 Å². The molecule has 0 aliphatic rings. The van der Waals surface area contributed by atoms with Crippen molar-refractivity contribution >= 4 is 22.4 Å². The van der Waals surface area contributed by atoms with Crippen molar-refractivity contribution in [2.24, 2.45) is 0 Å². The largest absolute Gasteiger partial charge is 0.493 e. The number of rotatable bonds is 6. The van der Waals surface area contributed by atoms with Gasteiger partial charge in [0, 0.05) is 29.5 Å². The molecule has 28 heavy (non-hydrogen) atoms. The number of carbonyl (C=O) groups is 1. The molecule has 8 heteroatoms. The fraction of sp³-hybridized carbons (Fsp3) is 0.100. The monoisotopic (exact) mass is 391 g/mol. The number of amides is 1. The molecule has 0 saturated heterocycles. The number of para-hydroxylation sites is 1. The molecule has 3 aromatic heterocycles. The lowest BCUT2D eigenvalue weighted by Gasteiger charge is -2.08. The predicted molar refractivity (Wildman–Crippen MR) is 108 cm³/mol. The van der Waals surface area contributed by atoms with E-state index >= 15 is 0 Å². The number of aromatic nitrogens is 4. The molecule has 0 unspecified atom stereocenters. The molecule has 0 aliphatic carbocycles. The first kappa shape index (κ1) is 17.9. The summed E-state index contributed by atoms with van der Waals surface area (Å²) < 4.78 is 7.22. The summed E-state index contributed by atoms with van der Waals surface area (Å²) in [7, 11) is 0. The van der Waals surface area contributed by atoms with Crippen LogP contribution in [-0.4, -0.2) is 32.3 Å². The molecule has 1 aromatic carbocycles. The van der Waals surface area contributed by atoms with Gasteiger partial charge in [-0.1, -0.05) is 12.1 Å². The minimum absolute atomic E-state index is 0.294. The standard InChI is InChI=1S/C20H17N5O2S/c1-2-27-17-9-4-3-7-14(17)16-13-28-20(23-16)24-19(26)15-8-5-10-21-18(15)25-12-6-11-22-25/h3-13H,2H2,1H3,(H,23,24,26). The van der Waals surface area contributed by atoms with E-state index in [1.807, 2.05) is 36.6 Å². The van der Waals surface area contributed by atoms with Crippen LogP contribution in [0.15, 0.2) is 66.4 Å². The van der Waals surface area contributed by atoms with E-state index in [0.717, 1.165) is 17.0 Å². The van der Waals surface area contributed by atoms with Crippen molar-refractivity contribution in [2.75, 3.05) is 11.9 Å². The molecule has 0 radical (unpaired) electrons. The van der Waals surface area contributed by atoms with Gasteiger partial charge >= 0.3 is 0 Å². The SMILES string of the molecule is CCOc1ccccc1-c1csc(NC(=O)c2cccnc2-n2cccn2)n1. The van der Waals surface area contributed by atoms with E-state index in [9.17, 15) is 4.79 Å². The second kappa shape index (κ2) is 8.01. The van der Waals surface area contributed by atoms with Crippen LogP contribution in [0.2, 0.25) is 0 Å². The number of carbonyl (C=O) groups excluding carboxylic acids is 1. The van der Waals surface area contributed by atoms with Gasteiger partial charge in [0.1, 0.15) is 5.75 Å². The van der Waals surface area contributed by atoms with Crippen LogP contribution in [0.3, 0.4) is 0 Å². The number of anilines is 1. The summed E-state index contributed by atoms with van der Waals surface area (Å²) in [5.41, 5.74) is 2.06. The quantitative estimate of drug-likeness (QED) is 0.536. The smallest absolute Gasteiger partial charge is 0.261 e.